The standard InChI is InChI=1S/C28H24N4S/c1-2-8-22(9-3-1)31-23-12-14-24(15-13-23)32-27-26-25(17-33-28(26)30-18-29-27)21-11-10-19-6-4-5-7-20(19)16-21/h1-3,8-18,31H,4-7H2,(H,29,30,32). The number of aromatic nitrogens is 2. The molecule has 2 N–H and O–H groups in total. The van der Waals surface area contributed by atoms with Gasteiger partial charge in [-0.2, -0.15) is 0 Å². The second-order valence-electron chi connectivity index (χ2n) is 8.44. The molecule has 1 aliphatic rings. The molecule has 0 fully saturated rings. The average molecular weight is 449 g/mol. The molecule has 5 aromatic rings. The summed E-state index contributed by atoms with van der Waals surface area (Å²) in [5.74, 6) is 0.845. The Bertz CT molecular complexity index is 1410. The van der Waals surface area contributed by atoms with Crippen LogP contribution in [-0.4, -0.2) is 9.97 Å². The van der Waals surface area contributed by atoms with Crippen LogP contribution in [0.4, 0.5) is 22.9 Å². The van der Waals surface area contributed by atoms with E-state index in [2.05, 4.69) is 80.6 Å². The summed E-state index contributed by atoms with van der Waals surface area (Å²) in [5.41, 5.74) is 8.56. The maximum atomic E-state index is 4.61. The average Bonchev–Trinajstić information content (AvgIpc) is 3.31. The van der Waals surface area contributed by atoms with Gasteiger partial charge < -0.3 is 10.6 Å². The number of hydrogen-bond acceptors (Lipinski definition) is 5. The zero-order chi connectivity index (χ0) is 22.0. The van der Waals surface area contributed by atoms with Gasteiger partial charge in [0, 0.05) is 28.0 Å². The number of fused-ring (bicyclic) bond motifs is 2. The van der Waals surface area contributed by atoms with Gasteiger partial charge in [-0.1, -0.05) is 36.4 Å². The predicted molar refractivity (Wildman–Crippen MR) is 139 cm³/mol. The Labute approximate surface area is 197 Å². The van der Waals surface area contributed by atoms with E-state index < -0.39 is 0 Å². The second kappa shape index (κ2) is 8.68. The van der Waals surface area contributed by atoms with Crippen LogP contribution in [0.1, 0.15) is 24.0 Å². The van der Waals surface area contributed by atoms with Crippen molar-refractivity contribution in [1.29, 1.82) is 0 Å². The first-order valence-corrected chi connectivity index (χ1v) is 12.2. The van der Waals surface area contributed by atoms with Crippen LogP contribution in [0.5, 0.6) is 0 Å². The molecule has 0 amide bonds. The number of anilines is 4. The third kappa shape index (κ3) is 4.08. The van der Waals surface area contributed by atoms with Gasteiger partial charge in [0.05, 0.1) is 5.39 Å². The Kier molecular flexibility index (Phi) is 5.25. The lowest BCUT2D eigenvalue weighted by Crippen LogP contribution is -2.02. The van der Waals surface area contributed by atoms with E-state index >= 15 is 0 Å². The fourth-order valence-electron chi connectivity index (χ4n) is 4.55. The van der Waals surface area contributed by atoms with Gasteiger partial charge in [0.2, 0.25) is 0 Å². The van der Waals surface area contributed by atoms with Crippen LogP contribution >= 0.6 is 11.3 Å². The van der Waals surface area contributed by atoms with Crippen molar-refractivity contribution in [1.82, 2.24) is 9.97 Å². The fourth-order valence-corrected chi connectivity index (χ4v) is 5.46. The minimum Gasteiger partial charge on any atom is -0.356 e. The van der Waals surface area contributed by atoms with Gasteiger partial charge in [-0.3, -0.25) is 0 Å². The topological polar surface area (TPSA) is 49.8 Å². The molecule has 1 aliphatic carbocycles. The zero-order valence-electron chi connectivity index (χ0n) is 18.2. The molecular formula is C28H24N4S. The first kappa shape index (κ1) is 19.9. The molecule has 0 unspecified atom stereocenters. The first-order valence-electron chi connectivity index (χ1n) is 11.4. The van der Waals surface area contributed by atoms with Crippen LogP contribution in [0.3, 0.4) is 0 Å². The summed E-state index contributed by atoms with van der Waals surface area (Å²) >= 11 is 1.67. The minimum atomic E-state index is 0.845. The molecule has 0 saturated heterocycles. The van der Waals surface area contributed by atoms with Gasteiger partial charge in [0.15, 0.2) is 0 Å². The number of benzene rings is 3. The molecule has 0 atom stereocenters. The van der Waals surface area contributed by atoms with E-state index in [-0.39, 0.29) is 0 Å². The van der Waals surface area contributed by atoms with E-state index in [1.54, 1.807) is 17.7 Å². The fraction of sp³-hybridized carbons (Fsp3) is 0.143. The third-order valence-corrected chi connectivity index (χ3v) is 7.13. The third-order valence-electron chi connectivity index (χ3n) is 6.24. The monoisotopic (exact) mass is 448 g/mol. The Morgan fingerprint density at radius 1 is 0.697 bits per heavy atom. The summed E-state index contributed by atoms with van der Waals surface area (Å²) in [5, 5.41) is 10.2. The van der Waals surface area contributed by atoms with E-state index in [0.29, 0.717) is 0 Å². The Morgan fingerprint density at radius 2 is 1.42 bits per heavy atom. The molecule has 33 heavy (non-hydrogen) atoms. The van der Waals surface area contributed by atoms with E-state index in [4.69, 9.17) is 0 Å². The smallest absolute Gasteiger partial charge is 0.143 e. The van der Waals surface area contributed by atoms with E-state index in [1.807, 2.05) is 18.2 Å². The quantitative estimate of drug-likeness (QED) is 0.289. The van der Waals surface area contributed by atoms with Gasteiger partial charge in [-0.15, -0.1) is 11.3 Å². The molecule has 0 aliphatic heterocycles. The maximum Gasteiger partial charge on any atom is 0.143 e. The molecule has 2 aromatic heterocycles. The van der Waals surface area contributed by atoms with Gasteiger partial charge >= 0.3 is 0 Å². The molecule has 0 spiro atoms. The number of thiophene rings is 1. The van der Waals surface area contributed by atoms with Gasteiger partial charge in [0.25, 0.3) is 0 Å². The number of hydrogen-bond donors (Lipinski definition) is 2. The maximum absolute atomic E-state index is 4.61. The number of para-hydroxylation sites is 1. The Balaban J connectivity index is 1.30. The molecule has 2 heterocycles. The highest BCUT2D eigenvalue weighted by atomic mass is 32.1. The molecule has 0 radical (unpaired) electrons. The molecule has 162 valence electrons. The molecule has 4 nitrogen and oxygen atoms in total. The Morgan fingerprint density at radius 3 is 2.24 bits per heavy atom. The number of aryl methyl sites for hydroxylation is 2. The molecule has 3 aromatic carbocycles. The summed E-state index contributed by atoms with van der Waals surface area (Å²) < 4.78 is 0. The second-order valence-corrected chi connectivity index (χ2v) is 9.29. The predicted octanol–water partition coefficient (Wildman–Crippen LogP) is 7.72. The van der Waals surface area contributed by atoms with Crippen molar-refractivity contribution in [2.45, 2.75) is 25.7 Å². The lowest BCUT2D eigenvalue weighted by Gasteiger charge is -2.16. The largest absolute Gasteiger partial charge is 0.356 e. The number of rotatable bonds is 5. The first-order chi connectivity index (χ1) is 16.3. The van der Waals surface area contributed by atoms with E-state index in [0.717, 1.165) is 33.1 Å². The summed E-state index contributed by atoms with van der Waals surface area (Å²) in [6, 6.07) is 25.4. The lowest BCUT2D eigenvalue weighted by atomic mass is 9.89. The highest BCUT2D eigenvalue weighted by Crippen LogP contribution is 2.38. The lowest BCUT2D eigenvalue weighted by molar-refractivity contribution is 0.686. The van der Waals surface area contributed by atoms with Crippen LogP contribution in [0.15, 0.2) is 84.5 Å². The van der Waals surface area contributed by atoms with Crippen molar-refractivity contribution >= 4 is 44.4 Å². The number of nitrogens with zero attached hydrogens (tertiary/aromatic N) is 2. The SMILES string of the molecule is c1ccc(Nc2ccc(Nc3ncnc4scc(-c5ccc6c(c5)CCCC6)c34)cc2)cc1. The van der Waals surface area contributed by atoms with Crippen LogP contribution in [0.25, 0.3) is 21.3 Å². The summed E-state index contributed by atoms with van der Waals surface area (Å²) in [7, 11) is 0. The summed E-state index contributed by atoms with van der Waals surface area (Å²) in [6.45, 7) is 0. The van der Waals surface area contributed by atoms with Crippen LogP contribution in [0, 0.1) is 0 Å². The minimum absolute atomic E-state index is 0.845. The zero-order valence-corrected chi connectivity index (χ0v) is 19.0. The van der Waals surface area contributed by atoms with Crippen molar-refractivity contribution in [2.24, 2.45) is 0 Å². The van der Waals surface area contributed by atoms with E-state index in [9.17, 15) is 0 Å². The van der Waals surface area contributed by atoms with Crippen molar-refractivity contribution in [3.8, 4) is 11.1 Å². The van der Waals surface area contributed by atoms with Crippen molar-refractivity contribution in [3.05, 3.63) is 95.6 Å². The van der Waals surface area contributed by atoms with Crippen molar-refractivity contribution in [3.63, 3.8) is 0 Å². The molecule has 0 saturated carbocycles. The normalized spacial score (nSPS) is 13.0. The van der Waals surface area contributed by atoms with Crippen molar-refractivity contribution in [2.75, 3.05) is 10.6 Å². The van der Waals surface area contributed by atoms with Gasteiger partial charge in [0.1, 0.15) is 17.0 Å². The van der Waals surface area contributed by atoms with Gasteiger partial charge in [-0.05, 0) is 78.8 Å². The summed E-state index contributed by atoms with van der Waals surface area (Å²) in [6.07, 6.45) is 6.60. The Hall–Kier alpha value is -3.70. The van der Waals surface area contributed by atoms with Crippen LogP contribution < -0.4 is 10.6 Å². The highest BCUT2D eigenvalue weighted by Gasteiger charge is 2.16. The molecular weight excluding hydrogens is 424 g/mol. The molecule has 5 heteroatoms. The van der Waals surface area contributed by atoms with Crippen LogP contribution in [-0.2, 0) is 12.8 Å². The molecule has 0 bridgehead atoms. The van der Waals surface area contributed by atoms with Gasteiger partial charge in [-0.25, -0.2) is 9.97 Å². The van der Waals surface area contributed by atoms with E-state index in [1.165, 1.54) is 47.9 Å². The van der Waals surface area contributed by atoms with Crippen molar-refractivity contribution < 1.29 is 0 Å². The molecule has 6 rings (SSSR count). The highest BCUT2D eigenvalue weighted by molar-refractivity contribution is 7.17. The van der Waals surface area contributed by atoms with Crippen LogP contribution in [0.2, 0.25) is 0 Å². The number of nitrogens with one attached hydrogen (secondary N) is 2. The summed E-state index contributed by atoms with van der Waals surface area (Å²) in [4.78, 5) is 10.1.